The van der Waals surface area contributed by atoms with Gasteiger partial charge in [0.2, 0.25) is 10.0 Å². The van der Waals surface area contributed by atoms with Crippen LogP contribution in [0.25, 0.3) is 10.2 Å². The van der Waals surface area contributed by atoms with Crippen molar-refractivity contribution in [2.75, 3.05) is 20.3 Å². The number of nitrogens with zero attached hydrogens (tertiary/aromatic N) is 3. The molecule has 0 N–H and O–H groups in total. The number of para-hydroxylation sites is 1. The number of carbonyl (C=O) groups excluding carboxylic acids is 1. The summed E-state index contributed by atoms with van der Waals surface area (Å²) in [5.41, 5.74) is 1.36. The van der Waals surface area contributed by atoms with Crippen LogP contribution >= 0.6 is 11.3 Å². The number of hydrogen-bond acceptors (Lipinski definition) is 5. The van der Waals surface area contributed by atoms with Crippen LogP contribution in [0.5, 0.6) is 0 Å². The van der Waals surface area contributed by atoms with Crippen LogP contribution < -0.4 is 4.80 Å². The Bertz CT molecular complexity index is 1290. The molecule has 1 aliphatic carbocycles. The summed E-state index contributed by atoms with van der Waals surface area (Å²) in [5.74, 6) is -0.403. The highest BCUT2D eigenvalue weighted by atomic mass is 32.2. The Morgan fingerprint density at radius 1 is 1.15 bits per heavy atom. The molecule has 1 aromatic heterocycles. The van der Waals surface area contributed by atoms with Gasteiger partial charge in [-0.1, -0.05) is 36.3 Å². The van der Waals surface area contributed by atoms with E-state index in [9.17, 15) is 13.2 Å². The molecule has 0 aliphatic heterocycles. The van der Waals surface area contributed by atoms with E-state index < -0.39 is 15.9 Å². The zero-order valence-electron chi connectivity index (χ0n) is 18.9. The summed E-state index contributed by atoms with van der Waals surface area (Å²) in [6.45, 7) is 3.69. The first-order valence-electron chi connectivity index (χ1n) is 11.2. The molecule has 0 spiro atoms. The second-order valence-corrected chi connectivity index (χ2v) is 11.1. The average molecular weight is 488 g/mol. The number of thiazole rings is 1. The topological polar surface area (TPSA) is 81.0 Å². The normalized spacial score (nSPS) is 15.7. The lowest BCUT2D eigenvalue weighted by atomic mass is 10.2. The number of amides is 1. The van der Waals surface area contributed by atoms with E-state index in [2.05, 4.69) is 4.99 Å². The standard InChI is InChI=1S/C24H29N3O4S2/c1-3-31-17-16-27-21-10-6-7-11-22(21)32-24(27)25-23(28)18-12-14-20(15-13-18)33(29,30)26(2)19-8-4-5-9-19/h6-7,10-15,19H,3-5,8-9,16-17H2,1-2H3. The predicted octanol–water partition coefficient (Wildman–Crippen LogP) is 4.04. The molecule has 0 saturated heterocycles. The van der Waals surface area contributed by atoms with E-state index in [0.29, 0.717) is 30.1 Å². The van der Waals surface area contributed by atoms with Crippen LogP contribution in [0.4, 0.5) is 0 Å². The monoisotopic (exact) mass is 487 g/mol. The third-order valence-corrected chi connectivity index (χ3v) is 9.05. The van der Waals surface area contributed by atoms with E-state index >= 15 is 0 Å². The number of hydrogen-bond donors (Lipinski definition) is 0. The first-order valence-corrected chi connectivity index (χ1v) is 13.5. The van der Waals surface area contributed by atoms with Crippen LogP contribution in [-0.4, -0.2) is 49.5 Å². The number of fused-ring (bicyclic) bond motifs is 1. The van der Waals surface area contributed by atoms with Gasteiger partial charge in [-0.05, 0) is 56.2 Å². The first kappa shape index (κ1) is 23.8. The maximum Gasteiger partial charge on any atom is 0.279 e. The SMILES string of the molecule is CCOCCn1c(=NC(=O)c2ccc(S(=O)(=O)N(C)C3CCCC3)cc2)sc2ccccc21. The molecule has 7 nitrogen and oxygen atoms in total. The minimum atomic E-state index is -3.59. The summed E-state index contributed by atoms with van der Waals surface area (Å²) in [6.07, 6.45) is 3.90. The lowest BCUT2D eigenvalue weighted by molar-refractivity contribution is 0.0996. The van der Waals surface area contributed by atoms with Crippen LogP contribution in [0.3, 0.4) is 0 Å². The zero-order chi connectivity index (χ0) is 23.4. The minimum absolute atomic E-state index is 0.0476. The van der Waals surface area contributed by atoms with Crippen LogP contribution in [0, 0.1) is 0 Å². The van der Waals surface area contributed by atoms with E-state index in [1.165, 1.54) is 27.8 Å². The maximum absolute atomic E-state index is 13.0. The summed E-state index contributed by atoms with van der Waals surface area (Å²) in [7, 11) is -1.94. The van der Waals surface area contributed by atoms with Gasteiger partial charge in [0.25, 0.3) is 5.91 Å². The summed E-state index contributed by atoms with van der Waals surface area (Å²) in [6, 6.07) is 14.0. The van der Waals surface area contributed by atoms with E-state index in [0.717, 1.165) is 35.9 Å². The summed E-state index contributed by atoms with van der Waals surface area (Å²) < 4.78 is 35.9. The van der Waals surface area contributed by atoms with Gasteiger partial charge in [0, 0.05) is 31.8 Å². The Labute approximate surface area is 198 Å². The lowest BCUT2D eigenvalue weighted by Crippen LogP contribution is -2.35. The zero-order valence-corrected chi connectivity index (χ0v) is 20.6. The summed E-state index contributed by atoms with van der Waals surface area (Å²) in [5, 5.41) is 0. The number of aromatic nitrogens is 1. The van der Waals surface area contributed by atoms with Crippen molar-refractivity contribution in [1.29, 1.82) is 0 Å². The minimum Gasteiger partial charge on any atom is -0.380 e. The van der Waals surface area contributed by atoms with Crippen LogP contribution in [-0.2, 0) is 21.3 Å². The van der Waals surface area contributed by atoms with E-state index in [-0.39, 0.29) is 10.9 Å². The molecule has 3 aromatic rings. The highest BCUT2D eigenvalue weighted by Gasteiger charge is 2.30. The number of sulfonamides is 1. The third kappa shape index (κ3) is 5.11. The summed E-state index contributed by atoms with van der Waals surface area (Å²) >= 11 is 1.45. The molecule has 0 atom stereocenters. The van der Waals surface area contributed by atoms with Crippen molar-refractivity contribution in [2.24, 2.45) is 4.99 Å². The van der Waals surface area contributed by atoms with Crippen molar-refractivity contribution in [1.82, 2.24) is 8.87 Å². The molecule has 4 rings (SSSR count). The Balaban J connectivity index is 1.60. The molecule has 2 aromatic carbocycles. The van der Waals surface area contributed by atoms with Crippen LogP contribution in [0.15, 0.2) is 58.4 Å². The van der Waals surface area contributed by atoms with Gasteiger partial charge in [0.1, 0.15) is 0 Å². The third-order valence-electron chi connectivity index (χ3n) is 6.07. The quantitative estimate of drug-likeness (QED) is 0.449. The average Bonchev–Trinajstić information content (AvgIpc) is 3.47. The second kappa shape index (κ2) is 10.3. The molecule has 0 radical (unpaired) electrons. The predicted molar refractivity (Wildman–Crippen MR) is 130 cm³/mol. The molecule has 1 amide bonds. The Kier molecular flexibility index (Phi) is 7.43. The fourth-order valence-corrected chi connectivity index (χ4v) is 6.64. The van der Waals surface area contributed by atoms with Gasteiger partial charge in [-0.2, -0.15) is 9.30 Å². The van der Waals surface area contributed by atoms with Gasteiger partial charge >= 0.3 is 0 Å². The maximum atomic E-state index is 13.0. The lowest BCUT2D eigenvalue weighted by Gasteiger charge is -2.23. The van der Waals surface area contributed by atoms with Crippen molar-refractivity contribution in [3.63, 3.8) is 0 Å². The molecule has 0 unspecified atom stereocenters. The first-order chi connectivity index (χ1) is 15.9. The van der Waals surface area contributed by atoms with Gasteiger partial charge in [-0.15, -0.1) is 0 Å². The Morgan fingerprint density at radius 3 is 2.55 bits per heavy atom. The van der Waals surface area contributed by atoms with Gasteiger partial charge in [0.05, 0.1) is 21.7 Å². The van der Waals surface area contributed by atoms with Crippen LogP contribution in [0.1, 0.15) is 43.0 Å². The molecular formula is C24H29N3O4S2. The smallest absolute Gasteiger partial charge is 0.279 e. The number of rotatable bonds is 8. The van der Waals surface area contributed by atoms with E-state index in [4.69, 9.17) is 4.74 Å². The molecule has 1 fully saturated rings. The second-order valence-electron chi connectivity index (χ2n) is 8.10. The molecule has 1 saturated carbocycles. The molecule has 176 valence electrons. The van der Waals surface area contributed by atoms with Gasteiger partial charge < -0.3 is 9.30 Å². The molecule has 1 heterocycles. The van der Waals surface area contributed by atoms with Crippen molar-refractivity contribution in [2.45, 2.75) is 50.1 Å². The molecule has 9 heteroatoms. The van der Waals surface area contributed by atoms with E-state index in [1.807, 2.05) is 35.8 Å². The Morgan fingerprint density at radius 2 is 1.85 bits per heavy atom. The van der Waals surface area contributed by atoms with Crippen molar-refractivity contribution in [3.05, 3.63) is 58.9 Å². The number of benzene rings is 2. The fraction of sp³-hybridized carbons (Fsp3) is 0.417. The molecule has 33 heavy (non-hydrogen) atoms. The fourth-order valence-electron chi connectivity index (χ4n) is 4.17. The molecular weight excluding hydrogens is 458 g/mol. The van der Waals surface area contributed by atoms with Gasteiger partial charge in [-0.3, -0.25) is 4.79 Å². The largest absolute Gasteiger partial charge is 0.380 e. The number of carbonyl (C=O) groups is 1. The van der Waals surface area contributed by atoms with Gasteiger partial charge in [-0.25, -0.2) is 8.42 Å². The van der Waals surface area contributed by atoms with Crippen LogP contribution in [0.2, 0.25) is 0 Å². The highest BCUT2D eigenvalue weighted by Crippen LogP contribution is 2.27. The van der Waals surface area contributed by atoms with E-state index in [1.54, 1.807) is 19.2 Å². The highest BCUT2D eigenvalue weighted by molar-refractivity contribution is 7.89. The van der Waals surface area contributed by atoms with Gasteiger partial charge in [0.15, 0.2) is 4.80 Å². The van der Waals surface area contributed by atoms with Crippen molar-refractivity contribution < 1.29 is 17.9 Å². The van der Waals surface area contributed by atoms with Crippen molar-refractivity contribution in [3.8, 4) is 0 Å². The molecule has 1 aliphatic rings. The number of ether oxygens (including phenoxy) is 1. The molecule has 0 bridgehead atoms. The Hall–Kier alpha value is -2.33. The summed E-state index contributed by atoms with van der Waals surface area (Å²) in [4.78, 5) is 18.1. The van der Waals surface area contributed by atoms with Crippen molar-refractivity contribution >= 4 is 37.5 Å².